The van der Waals surface area contributed by atoms with Gasteiger partial charge in [0.2, 0.25) is 0 Å². The molecule has 100 valence electrons. The van der Waals surface area contributed by atoms with Crippen LogP contribution in [-0.4, -0.2) is 16.5 Å². The Bertz CT molecular complexity index is 566. The first-order valence-corrected chi connectivity index (χ1v) is 6.05. The predicted octanol–water partition coefficient (Wildman–Crippen LogP) is 2.59. The number of carbonyl (C=O) groups is 1. The molecule has 0 radical (unpaired) electrons. The van der Waals surface area contributed by atoms with Crippen LogP contribution in [0.2, 0.25) is 0 Å². The van der Waals surface area contributed by atoms with Gasteiger partial charge in [0.15, 0.2) is 0 Å². The molecule has 19 heavy (non-hydrogen) atoms. The summed E-state index contributed by atoms with van der Waals surface area (Å²) < 4.78 is 0. The first-order valence-electron chi connectivity index (χ1n) is 6.05. The van der Waals surface area contributed by atoms with Crippen LogP contribution in [0.5, 0.6) is 0 Å². The minimum Gasteiger partial charge on any atom is -0.272 e. The molecule has 1 aliphatic heterocycles. The monoisotopic (exact) mass is 261 g/mol. The number of nitro groups is 1. The molecule has 0 aliphatic carbocycles. The standard InChI is InChI=1S/C13H15N3O3/c1-8(2)12-9(3)14-15(13(12)17)10-5-4-6-11(7-10)16(18)19/h4-8,12H,1-3H3. The van der Waals surface area contributed by atoms with Gasteiger partial charge in [-0.15, -0.1) is 0 Å². The molecule has 1 atom stereocenters. The van der Waals surface area contributed by atoms with E-state index in [0.717, 1.165) is 5.71 Å². The summed E-state index contributed by atoms with van der Waals surface area (Å²) >= 11 is 0. The molecule has 0 saturated heterocycles. The first kappa shape index (κ1) is 13.2. The molecular formula is C13H15N3O3. The number of rotatable bonds is 3. The van der Waals surface area contributed by atoms with E-state index < -0.39 is 4.92 Å². The molecule has 1 aromatic rings. The SMILES string of the molecule is CC1=NN(c2cccc([N+](=O)[O-])c2)C(=O)C1C(C)C. The second kappa shape index (κ2) is 4.79. The summed E-state index contributed by atoms with van der Waals surface area (Å²) in [5, 5.41) is 16.2. The van der Waals surface area contributed by atoms with E-state index in [1.165, 1.54) is 17.1 Å². The Hall–Kier alpha value is -2.24. The Labute approximate surface area is 110 Å². The molecule has 0 spiro atoms. The minimum absolute atomic E-state index is 0.0499. The smallest absolute Gasteiger partial charge is 0.271 e. The fraction of sp³-hybridized carbons (Fsp3) is 0.385. The van der Waals surface area contributed by atoms with E-state index in [-0.39, 0.29) is 23.4 Å². The largest absolute Gasteiger partial charge is 0.272 e. The Morgan fingerprint density at radius 3 is 2.63 bits per heavy atom. The van der Waals surface area contributed by atoms with E-state index in [1.807, 2.05) is 13.8 Å². The van der Waals surface area contributed by atoms with Crippen molar-refractivity contribution in [3.63, 3.8) is 0 Å². The maximum absolute atomic E-state index is 12.3. The fourth-order valence-electron chi connectivity index (χ4n) is 2.27. The van der Waals surface area contributed by atoms with E-state index in [2.05, 4.69) is 5.10 Å². The second-order valence-corrected chi connectivity index (χ2v) is 4.89. The van der Waals surface area contributed by atoms with Gasteiger partial charge in [-0.05, 0) is 18.9 Å². The predicted molar refractivity (Wildman–Crippen MR) is 72.0 cm³/mol. The highest BCUT2D eigenvalue weighted by Gasteiger charge is 2.36. The van der Waals surface area contributed by atoms with Gasteiger partial charge in [0.1, 0.15) is 0 Å². The number of benzene rings is 1. The summed E-state index contributed by atoms with van der Waals surface area (Å²) in [5.74, 6) is -0.229. The molecule has 0 N–H and O–H groups in total. The van der Waals surface area contributed by atoms with Crippen LogP contribution >= 0.6 is 0 Å². The van der Waals surface area contributed by atoms with Crippen LogP contribution in [0.25, 0.3) is 0 Å². The Balaban J connectivity index is 2.36. The van der Waals surface area contributed by atoms with Crippen molar-refractivity contribution in [2.75, 3.05) is 5.01 Å². The zero-order valence-electron chi connectivity index (χ0n) is 11.0. The highest BCUT2D eigenvalue weighted by molar-refractivity contribution is 6.15. The zero-order valence-corrected chi connectivity index (χ0v) is 11.0. The third-order valence-corrected chi connectivity index (χ3v) is 3.13. The lowest BCUT2D eigenvalue weighted by atomic mass is 9.92. The van der Waals surface area contributed by atoms with Gasteiger partial charge in [-0.2, -0.15) is 10.1 Å². The zero-order chi connectivity index (χ0) is 14.2. The Morgan fingerprint density at radius 2 is 2.11 bits per heavy atom. The number of hydrogen-bond acceptors (Lipinski definition) is 4. The van der Waals surface area contributed by atoms with Crippen LogP contribution in [0.15, 0.2) is 29.4 Å². The lowest BCUT2D eigenvalue weighted by Crippen LogP contribution is -2.30. The van der Waals surface area contributed by atoms with E-state index in [1.54, 1.807) is 19.1 Å². The van der Waals surface area contributed by atoms with Gasteiger partial charge in [0.05, 0.1) is 16.5 Å². The van der Waals surface area contributed by atoms with E-state index in [4.69, 9.17) is 0 Å². The van der Waals surface area contributed by atoms with Crippen molar-refractivity contribution in [2.45, 2.75) is 20.8 Å². The first-order chi connectivity index (χ1) is 8.91. The normalized spacial score (nSPS) is 18.9. The van der Waals surface area contributed by atoms with E-state index in [9.17, 15) is 14.9 Å². The Kier molecular flexibility index (Phi) is 3.33. The molecule has 2 rings (SSSR count). The van der Waals surface area contributed by atoms with Crippen molar-refractivity contribution in [1.29, 1.82) is 0 Å². The van der Waals surface area contributed by atoms with Gasteiger partial charge in [-0.1, -0.05) is 19.9 Å². The molecule has 0 fully saturated rings. The van der Waals surface area contributed by atoms with Gasteiger partial charge in [-0.3, -0.25) is 14.9 Å². The van der Waals surface area contributed by atoms with Crippen molar-refractivity contribution in [1.82, 2.24) is 0 Å². The summed E-state index contributed by atoms with van der Waals surface area (Å²) in [4.78, 5) is 22.5. The number of hydrogen-bond donors (Lipinski definition) is 0. The number of nitrogens with zero attached hydrogens (tertiary/aromatic N) is 3. The maximum Gasteiger partial charge on any atom is 0.271 e. The molecule has 1 aromatic carbocycles. The second-order valence-electron chi connectivity index (χ2n) is 4.89. The van der Waals surface area contributed by atoms with Crippen molar-refractivity contribution in [2.24, 2.45) is 16.9 Å². The number of hydrazone groups is 1. The molecule has 1 unspecified atom stereocenters. The van der Waals surface area contributed by atoms with Crippen LogP contribution in [0.4, 0.5) is 11.4 Å². The highest BCUT2D eigenvalue weighted by Crippen LogP contribution is 2.29. The number of amides is 1. The van der Waals surface area contributed by atoms with Crippen LogP contribution in [0.3, 0.4) is 0 Å². The van der Waals surface area contributed by atoms with E-state index in [0.29, 0.717) is 5.69 Å². The van der Waals surface area contributed by atoms with Crippen molar-refractivity contribution in [3.8, 4) is 0 Å². The van der Waals surface area contributed by atoms with Gasteiger partial charge < -0.3 is 0 Å². The summed E-state index contributed by atoms with van der Waals surface area (Å²) in [5.41, 5.74) is 1.12. The topological polar surface area (TPSA) is 75.8 Å². The molecular weight excluding hydrogens is 246 g/mol. The van der Waals surface area contributed by atoms with Crippen LogP contribution in [0, 0.1) is 22.0 Å². The van der Waals surface area contributed by atoms with Gasteiger partial charge in [0.25, 0.3) is 11.6 Å². The summed E-state index contributed by atoms with van der Waals surface area (Å²) in [6, 6.07) is 5.94. The summed E-state index contributed by atoms with van der Waals surface area (Å²) in [6.07, 6.45) is 0. The molecule has 0 saturated carbocycles. The molecule has 0 aromatic heterocycles. The number of non-ortho nitro benzene ring substituents is 1. The average molecular weight is 261 g/mol. The molecule has 6 nitrogen and oxygen atoms in total. The van der Waals surface area contributed by atoms with Crippen molar-refractivity contribution in [3.05, 3.63) is 34.4 Å². The average Bonchev–Trinajstić information content (AvgIpc) is 2.65. The van der Waals surface area contributed by atoms with Crippen LogP contribution in [-0.2, 0) is 4.79 Å². The molecule has 0 bridgehead atoms. The van der Waals surface area contributed by atoms with Gasteiger partial charge in [0, 0.05) is 17.8 Å². The van der Waals surface area contributed by atoms with Crippen LogP contribution < -0.4 is 5.01 Å². The lowest BCUT2D eigenvalue weighted by Gasteiger charge is -2.16. The number of nitro benzene ring substituents is 1. The molecule has 1 heterocycles. The maximum atomic E-state index is 12.3. The third-order valence-electron chi connectivity index (χ3n) is 3.13. The van der Waals surface area contributed by atoms with Crippen LogP contribution in [0.1, 0.15) is 20.8 Å². The molecule has 1 aliphatic rings. The number of carbonyl (C=O) groups excluding carboxylic acids is 1. The summed E-state index contributed by atoms with van der Waals surface area (Å²) in [7, 11) is 0. The third kappa shape index (κ3) is 2.33. The fourth-order valence-corrected chi connectivity index (χ4v) is 2.27. The number of anilines is 1. The van der Waals surface area contributed by atoms with Crippen molar-refractivity contribution >= 4 is 23.0 Å². The minimum atomic E-state index is -0.486. The quantitative estimate of drug-likeness (QED) is 0.619. The summed E-state index contributed by atoms with van der Waals surface area (Å²) in [6.45, 7) is 5.72. The lowest BCUT2D eigenvalue weighted by molar-refractivity contribution is -0.384. The van der Waals surface area contributed by atoms with Gasteiger partial charge in [-0.25, -0.2) is 0 Å². The molecule has 6 heteroatoms. The highest BCUT2D eigenvalue weighted by atomic mass is 16.6. The Morgan fingerprint density at radius 1 is 1.42 bits per heavy atom. The van der Waals surface area contributed by atoms with Crippen molar-refractivity contribution < 1.29 is 9.72 Å². The van der Waals surface area contributed by atoms with E-state index >= 15 is 0 Å². The van der Waals surface area contributed by atoms with Gasteiger partial charge >= 0.3 is 0 Å². The molecule has 1 amide bonds.